The van der Waals surface area contributed by atoms with E-state index < -0.39 is 22.3 Å². The van der Waals surface area contributed by atoms with Crippen molar-refractivity contribution >= 4 is 40.0 Å². The zero-order valence-electron chi connectivity index (χ0n) is 17.7. The summed E-state index contributed by atoms with van der Waals surface area (Å²) in [6, 6.07) is 20.3. The number of fused-ring (bicyclic) bond motifs is 1. The van der Waals surface area contributed by atoms with Gasteiger partial charge in [-0.2, -0.15) is 0 Å². The van der Waals surface area contributed by atoms with Crippen molar-refractivity contribution in [1.82, 2.24) is 9.88 Å². The lowest BCUT2D eigenvalue weighted by atomic mass is 10.1. The van der Waals surface area contributed by atoms with E-state index in [1.54, 1.807) is 36.4 Å². The molecule has 0 atom stereocenters. The monoisotopic (exact) mass is 475 g/mol. The van der Waals surface area contributed by atoms with Crippen LogP contribution in [-0.4, -0.2) is 27.8 Å². The van der Waals surface area contributed by atoms with Crippen molar-refractivity contribution in [3.63, 3.8) is 0 Å². The van der Waals surface area contributed by atoms with Gasteiger partial charge in [-0.3, -0.25) is 24.5 Å². The normalized spacial score (nSPS) is 10.7. The van der Waals surface area contributed by atoms with E-state index in [4.69, 9.17) is 11.6 Å². The summed E-state index contributed by atoms with van der Waals surface area (Å²) in [5, 5.41) is 14.8. The Hall–Kier alpha value is -4.30. The molecule has 34 heavy (non-hydrogen) atoms. The quantitative estimate of drug-likeness (QED) is 0.331. The lowest BCUT2D eigenvalue weighted by Gasteiger charge is -2.12. The van der Waals surface area contributed by atoms with Crippen LogP contribution in [0.25, 0.3) is 10.9 Å². The van der Waals surface area contributed by atoms with E-state index in [1.165, 1.54) is 30.3 Å². The average Bonchev–Trinajstić information content (AvgIpc) is 2.84. The molecular formula is C25H18ClN3O5. The highest BCUT2D eigenvalue weighted by atomic mass is 35.5. The van der Waals surface area contributed by atoms with Gasteiger partial charge in [-0.15, -0.1) is 0 Å². The second-order valence-electron chi connectivity index (χ2n) is 7.50. The van der Waals surface area contributed by atoms with Gasteiger partial charge in [0.05, 0.1) is 10.4 Å². The van der Waals surface area contributed by atoms with Crippen molar-refractivity contribution in [3.8, 4) is 0 Å². The first kappa shape index (κ1) is 22.9. The smallest absolute Gasteiger partial charge is 0.270 e. The molecule has 1 N–H and O–H groups in total. The summed E-state index contributed by atoms with van der Waals surface area (Å²) >= 11 is 5.88. The third-order valence-electron chi connectivity index (χ3n) is 5.30. The fraction of sp³-hybridized carbons (Fsp3) is 0.0800. The Kier molecular flexibility index (Phi) is 6.51. The molecular weight excluding hydrogens is 458 g/mol. The van der Waals surface area contributed by atoms with Crippen LogP contribution in [-0.2, 0) is 6.42 Å². The molecule has 0 radical (unpaired) electrons. The van der Waals surface area contributed by atoms with E-state index >= 15 is 0 Å². The third-order valence-corrected chi connectivity index (χ3v) is 5.55. The first-order valence-electron chi connectivity index (χ1n) is 10.3. The Morgan fingerprint density at radius 1 is 0.971 bits per heavy atom. The van der Waals surface area contributed by atoms with E-state index in [0.717, 1.165) is 10.1 Å². The van der Waals surface area contributed by atoms with Crippen LogP contribution in [0.5, 0.6) is 0 Å². The Morgan fingerprint density at radius 2 is 1.65 bits per heavy atom. The van der Waals surface area contributed by atoms with Crippen LogP contribution >= 0.6 is 11.6 Å². The van der Waals surface area contributed by atoms with Crippen molar-refractivity contribution in [1.29, 1.82) is 0 Å². The van der Waals surface area contributed by atoms with Crippen LogP contribution in [0, 0.1) is 10.1 Å². The number of carbonyl (C=O) groups is 2. The van der Waals surface area contributed by atoms with Crippen molar-refractivity contribution in [3.05, 3.63) is 121 Å². The molecule has 3 aromatic carbocycles. The Labute approximate surface area is 198 Å². The highest BCUT2D eigenvalue weighted by molar-refractivity contribution is 6.30. The molecule has 9 heteroatoms. The second-order valence-corrected chi connectivity index (χ2v) is 7.94. The number of para-hydroxylation sites is 1. The molecule has 0 aliphatic rings. The maximum Gasteiger partial charge on any atom is 0.270 e. The number of hydrogen-bond acceptors (Lipinski definition) is 5. The van der Waals surface area contributed by atoms with Crippen LogP contribution in [0.2, 0.25) is 5.02 Å². The fourth-order valence-electron chi connectivity index (χ4n) is 3.55. The Balaban J connectivity index is 1.66. The number of amides is 1. The fourth-order valence-corrected chi connectivity index (χ4v) is 3.67. The number of rotatable bonds is 6. The average molecular weight is 476 g/mol. The molecule has 1 aromatic heterocycles. The summed E-state index contributed by atoms with van der Waals surface area (Å²) in [7, 11) is 0. The van der Waals surface area contributed by atoms with Gasteiger partial charge in [0.15, 0.2) is 0 Å². The number of nitro groups is 1. The van der Waals surface area contributed by atoms with E-state index in [2.05, 4.69) is 5.32 Å². The number of nitrogens with zero attached hydrogens (tertiary/aromatic N) is 2. The van der Waals surface area contributed by atoms with Crippen molar-refractivity contribution in [2.75, 3.05) is 6.54 Å². The number of benzene rings is 3. The maximum absolute atomic E-state index is 13.2. The molecule has 1 heterocycles. The van der Waals surface area contributed by atoms with Gasteiger partial charge < -0.3 is 5.32 Å². The van der Waals surface area contributed by atoms with Crippen LogP contribution in [0.3, 0.4) is 0 Å². The van der Waals surface area contributed by atoms with Gasteiger partial charge in [-0.1, -0.05) is 41.9 Å². The number of pyridine rings is 1. The lowest BCUT2D eigenvalue weighted by Crippen LogP contribution is -2.36. The molecule has 8 nitrogen and oxygen atoms in total. The number of nitro benzene ring substituents is 1. The first-order chi connectivity index (χ1) is 16.3. The number of nitrogens with one attached hydrogen (secondary N) is 1. The van der Waals surface area contributed by atoms with Crippen LogP contribution < -0.4 is 10.9 Å². The van der Waals surface area contributed by atoms with Crippen molar-refractivity contribution in [2.45, 2.75) is 6.42 Å². The molecule has 0 fully saturated rings. The molecule has 0 saturated carbocycles. The maximum atomic E-state index is 13.2. The molecule has 0 bridgehead atoms. The largest absolute Gasteiger partial charge is 0.352 e. The standard InChI is InChI=1S/C25H18ClN3O5/c26-19-9-5-16(6-10-19)13-14-27-23(30)21-15-18-3-1-2-4-22(18)28(25(21)32)24(31)17-7-11-20(12-8-17)29(33)34/h1-12,15H,13-14H2,(H,27,30). The number of hydrogen-bond donors (Lipinski definition) is 1. The number of non-ortho nitro benzene ring substituents is 1. The van der Waals surface area contributed by atoms with Crippen molar-refractivity contribution in [2.24, 2.45) is 0 Å². The van der Waals surface area contributed by atoms with Crippen molar-refractivity contribution < 1.29 is 14.5 Å². The molecule has 0 spiro atoms. The third kappa shape index (κ3) is 4.72. The summed E-state index contributed by atoms with van der Waals surface area (Å²) in [5.74, 6) is -1.29. The van der Waals surface area contributed by atoms with Gasteiger partial charge in [-0.25, -0.2) is 4.57 Å². The molecule has 170 valence electrons. The predicted molar refractivity (Wildman–Crippen MR) is 129 cm³/mol. The molecule has 4 rings (SSSR count). The summed E-state index contributed by atoms with van der Waals surface area (Å²) in [6.07, 6.45) is 0.534. The highest BCUT2D eigenvalue weighted by Gasteiger charge is 2.21. The zero-order valence-corrected chi connectivity index (χ0v) is 18.5. The second kappa shape index (κ2) is 9.68. The van der Waals surface area contributed by atoms with Gasteiger partial charge in [0.25, 0.3) is 23.1 Å². The number of halogens is 1. The predicted octanol–water partition coefficient (Wildman–Crippen LogP) is 4.22. The summed E-state index contributed by atoms with van der Waals surface area (Å²) < 4.78 is 0.921. The number of aromatic nitrogens is 1. The van der Waals surface area contributed by atoms with E-state index in [9.17, 15) is 24.5 Å². The van der Waals surface area contributed by atoms with E-state index in [-0.39, 0.29) is 23.4 Å². The molecule has 0 unspecified atom stereocenters. The topological polar surface area (TPSA) is 111 Å². The molecule has 1 amide bonds. The minimum Gasteiger partial charge on any atom is -0.352 e. The van der Waals surface area contributed by atoms with E-state index in [0.29, 0.717) is 22.3 Å². The van der Waals surface area contributed by atoms with Gasteiger partial charge in [0.1, 0.15) is 5.56 Å². The van der Waals surface area contributed by atoms with Crippen LogP contribution in [0.4, 0.5) is 5.69 Å². The van der Waals surface area contributed by atoms with Crippen LogP contribution in [0.1, 0.15) is 26.3 Å². The summed E-state index contributed by atoms with van der Waals surface area (Å²) in [6.45, 7) is 0.281. The highest BCUT2D eigenvalue weighted by Crippen LogP contribution is 2.17. The molecule has 4 aromatic rings. The van der Waals surface area contributed by atoms with Crippen LogP contribution in [0.15, 0.2) is 83.7 Å². The number of carbonyl (C=O) groups excluding carboxylic acids is 2. The van der Waals surface area contributed by atoms with E-state index in [1.807, 2.05) is 12.1 Å². The Bertz CT molecular complexity index is 1460. The van der Waals surface area contributed by atoms with Gasteiger partial charge in [-0.05, 0) is 53.8 Å². The minimum atomic E-state index is -0.772. The zero-order chi connectivity index (χ0) is 24.2. The summed E-state index contributed by atoms with van der Waals surface area (Å²) in [5.41, 5.74) is 0.249. The SMILES string of the molecule is O=C(NCCc1ccc(Cl)cc1)c1cc2ccccc2n(C(=O)c2ccc([N+](=O)[O-])cc2)c1=O. The van der Waals surface area contributed by atoms with Gasteiger partial charge in [0.2, 0.25) is 0 Å². The molecule has 0 aliphatic heterocycles. The lowest BCUT2D eigenvalue weighted by molar-refractivity contribution is -0.384. The molecule has 0 aliphatic carbocycles. The molecule has 0 saturated heterocycles. The van der Waals surface area contributed by atoms with Gasteiger partial charge in [0, 0.05) is 29.3 Å². The minimum absolute atomic E-state index is 0.0816. The summed E-state index contributed by atoms with van der Waals surface area (Å²) in [4.78, 5) is 49.6. The Morgan fingerprint density at radius 3 is 2.32 bits per heavy atom. The first-order valence-corrected chi connectivity index (χ1v) is 10.7. The van der Waals surface area contributed by atoms with Gasteiger partial charge >= 0.3 is 0 Å².